The summed E-state index contributed by atoms with van der Waals surface area (Å²) >= 11 is 0. The van der Waals surface area contributed by atoms with Crippen molar-refractivity contribution in [1.29, 1.82) is 0 Å². The normalized spacial score (nSPS) is 11.4. The molecule has 0 saturated carbocycles. The molecule has 2 N–H and O–H groups in total. The van der Waals surface area contributed by atoms with Gasteiger partial charge in [-0.25, -0.2) is 4.68 Å². The number of H-pyrrole nitrogens is 1. The van der Waals surface area contributed by atoms with E-state index in [1.54, 1.807) is 13.0 Å². The van der Waals surface area contributed by atoms with E-state index >= 15 is 0 Å². The highest BCUT2D eigenvalue weighted by molar-refractivity contribution is 6.04. The first-order chi connectivity index (χ1) is 12.3. The van der Waals surface area contributed by atoms with Gasteiger partial charge in [0.05, 0.1) is 24.6 Å². The van der Waals surface area contributed by atoms with Crippen molar-refractivity contribution in [2.75, 3.05) is 12.4 Å². The van der Waals surface area contributed by atoms with E-state index in [4.69, 9.17) is 4.74 Å². The molecule has 0 atom stereocenters. The van der Waals surface area contributed by atoms with E-state index in [1.807, 2.05) is 0 Å². The smallest absolute Gasteiger partial charge is 0.416 e. The molecule has 0 saturated heterocycles. The van der Waals surface area contributed by atoms with Crippen LogP contribution in [0.2, 0.25) is 0 Å². The minimum Gasteiger partial charge on any atom is -0.493 e. The number of ether oxygens (including phenoxy) is 1. The Balaban J connectivity index is 1.93. The molecule has 0 spiro atoms. The number of nitrogens with one attached hydrogen (secondary N) is 2. The Hall–Kier alpha value is -3.30. The Kier molecular flexibility index (Phi) is 4.41. The summed E-state index contributed by atoms with van der Waals surface area (Å²) in [6.07, 6.45) is -3.15. The van der Waals surface area contributed by atoms with E-state index in [0.29, 0.717) is 5.82 Å². The molecule has 0 bridgehead atoms. The molecule has 136 valence electrons. The monoisotopic (exact) mass is 365 g/mol. The van der Waals surface area contributed by atoms with Crippen LogP contribution in [0.15, 0.2) is 36.5 Å². The molecule has 0 aliphatic heterocycles. The van der Waals surface area contributed by atoms with Crippen LogP contribution in [-0.2, 0) is 6.18 Å². The summed E-state index contributed by atoms with van der Waals surface area (Å²) in [5.74, 6) is -0.186. The van der Waals surface area contributed by atoms with Gasteiger partial charge in [-0.15, -0.1) is 0 Å². The van der Waals surface area contributed by atoms with E-state index in [1.165, 1.54) is 25.4 Å². The van der Waals surface area contributed by atoms with Gasteiger partial charge in [-0.2, -0.15) is 23.4 Å². The number of carbonyl (C=O) groups excluding carboxylic acids is 1. The Morgan fingerprint density at radius 3 is 2.69 bits per heavy atom. The number of aromatic amines is 1. The molecule has 0 fully saturated rings. The number of rotatable bonds is 4. The van der Waals surface area contributed by atoms with E-state index in [9.17, 15) is 18.0 Å². The van der Waals surface area contributed by atoms with Crippen molar-refractivity contribution in [2.24, 2.45) is 0 Å². The number of hydrogen-bond donors (Lipinski definition) is 2. The molecular formula is C16H14F3N5O2. The molecule has 2 heterocycles. The standard InChI is InChI=1S/C16H14F3N5O2/c1-9-6-13(22-21-9)20-15(25)14-12(26-2)8-24(23-14)11-5-3-4-10(7-11)16(17,18)19/h3-8H,1-2H3,(H2,20,21,22,25). The van der Waals surface area contributed by atoms with Crippen LogP contribution < -0.4 is 10.1 Å². The van der Waals surface area contributed by atoms with Crippen molar-refractivity contribution >= 4 is 11.7 Å². The summed E-state index contributed by atoms with van der Waals surface area (Å²) in [7, 11) is 1.34. The predicted molar refractivity (Wildman–Crippen MR) is 86.4 cm³/mol. The SMILES string of the molecule is COc1cn(-c2cccc(C(F)(F)F)c2)nc1C(=O)Nc1cc(C)[nH]n1. The lowest BCUT2D eigenvalue weighted by molar-refractivity contribution is -0.137. The van der Waals surface area contributed by atoms with Crippen LogP contribution in [0.5, 0.6) is 5.75 Å². The average Bonchev–Trinajstić information content (AvgIpc) is 3.20. The number of carbonyl (C=O) groups is 1. The van der Waals surface area contributed by atoms with Crippen LogP contribution in [-0.4, -0.2) is 33.0 Å². The zero-order valence-corrected chi connectivity index (χ0v) is 13.8. The first-order valence-corrected chi connectivity index (χ1v) is 7.42. The molecule has 2 aromatic heterocycles. The summed E-state index contributed by atoms with van der Waals surface area (Å²) in [5.41, 5.74) is 0.00239. The second kappa shape index (κ2) is 6.54. The summed E-state index contributed by atoms with van der Waals surface area (Å²) < 4.78 is 44.9. The number of anilines is 1. The topological polar surface area (TPSA) is 84.8 Å². The molecule has 0 radical (unpaired) electrons. The zero-order valence-electron chi connectivity index (χ0n) is 13.8. The first kappa shape index (κ1) is 17.5. The number of halogens is 3. The third-order valence-electron chi connectivity index (χ3n) is 3.50. The largest absolute Gasteiger partial charge is 0.493 e. The second-order valence-corrected chi connectivity index (χ2v) is 5.43. The average molecular weight is 365 g/mol. The van der Waals surface area contributed by atoms with Gasteiger partial charge in [-0.1, -0.05) is 6.07 Å². The predicted octanol–water partition coefficient (Wildman–Crippen LogP) is 3.18. The van der Waals surface area contributed by atoms with Crippen LogP contribution >= 0.6 is 0 Å². The van der Waals surface area contributed by atoms with Gasteiger partial charge in [0.25, 0.3) is 5.91 Å². The minimum absolute atomic E-state index is 0.0782. The number of aromatic nitrogens is 4. The van der Waals surface area contributed by atoms with Gasteiger partial charge in [0.1, 0.15) is 0 Å². The van der Waals surface area contributed by atoms with Crippen LogP contribution in [0.1, 0.15) is 21.7 Å². The lowest BCUT2D eigenvalue weighted by Gasteiger charge is -2.08. The molecule has 0 aliphatic carbocycles. The van der Waals surface area contributed by atoms with Gasteiger partial charge in [0.15, 0.2) is 17.3 Å². The van der Waals surface area contributed by atoms with E-state index in [0.717, 1.165) is 22.5 Å². The van der Waals surface area contributed by atoms with Gasteiger partial charge in [-0.05, 0) is 25.1 Å². The highest BCUT2D eigenvalue weighted by Crippen LogP contribution is 2.30. The van der Waals surface area contributed by atoms with E-state index in [2.05, 4.69) is 20.6 Å². The summed E-state index contributed by atoms with van der Waals surface area (Å²) in [5, 5.41) is 13.1. The number of hydrogen-bond acceptors (Lipinski definition) is 4. The molecule has 3 rings (SSSR count). The maximum absolute atomic E-state index is 12.9. The third kappa shape index (κ3) is 3.53. The van der Waals surface area contributed by atoms with Crippen LogP contribution in [0.4, 0.5) is 19.0 Å². The third-order valence-corrected chi connectivity index (χ3v) is 3.50. The van der Waals surface area contributed by atoms with Gasteiger partial charge in [0.2, 0.25) is 0 Å². The van der Waals surface area contributed by atoms with Crippen molar-refractivity contribution in [3.8, 4) is 11.4 Å². The molecule has 1 aromatic carbocycles. The highest BCUT2D eigenvalue weighted by atomic mass is 19.4. The van der Waals surface area contributed by atoms with Gasteiger partial charge < -0.3 is 10.1 Å². The lowest BCUT2D eigenvalue weighted by atomic mass is 10.2. The van der Waals surface area contributed by atoms with Crippen LogP contribution in [0, 0.1) is 6.92 Å². The summed E-state index contributed by atoms with van der Waals surface area (Å²) in [4.78, 5) is 12.4. The number of aryl methyl sites for hydroxylation is 1. The fourth-order valence-corrected chi connectivity index (χ4v) is 2.28. The quantitative estimate of drug-likeness (QED) is 0.744. The molecule has 10 heteroatoms. The highest BCUT2D eigenvalue weighted by Gasteiger charge is 2.30. The molecule has 1 amide bonds. The van der Waals surface area contributed by atoms with Crippen molar-refractivity contribution in [2.45, 2.75) is 13.1 Å². The second-order valence-electron chi connectivity index (χ2n) is 5.43. The fraction of sp³-hybridized carbons (Fsp3) is 0.188. The van der Waals surface area contributed by atoms with E-state index < -0.39 is 17.6 Å². The zero-order chi connectivity index (χ0) is 18.9. The minimum atomic E-state index is -4.48. The van der Waals surface area contributed by atoms with E-state index in [-0.39, 0.29) is 17.1 Å². The molecule has 26 heavy (non-hydrogen) atoms. The van der Waals surface area contributed by atoms with Crippen molar-refractivity contribution < 1.29 is 22.7 Å². The molecule has 0 unspecified atom stereocenters. The molecule has 3 aromatic rings. The maximum Gasteiger partial charge on any atom is 0.416 e. The Morgan fingerprint density at radius 2 is 2.08 bits per heavy atom. The number of alkyl halides is 3. The van der Waals surface area contributed by atoms with Gasteiger partial charge in [-0.3, -0.25) is 9.89 Å². The fourth-order valence-electron chi connectivity index (χ4n) is 2.28. The first-order valence-electron chi connectivity index (χ1n) is 7.42. The lowest BCUT2D eigenvalue weighted by Crippen LogP contribution is -2.14. The number of nitrogens with zero attached hydrogens (tertiary/aromatic N) is 3. The van der Waals surface area contributed by atoms with Crippen molar-refractivity contribution in [1.82, 2.24) is 20.0 Å². The maximum atomic E-state index is 12.9. The summed E-state index contributed by atoms with van der Waals surface area (Å²) in [6, 6.07) is 6.22. The van der Waals surface area contributed by atoms with Crippen LogP contribution in [0.3, 0.4) is 0 Å². The Morgan fingerprint density at radius 1 is 1.31 bits per heavy atom. The molecular weight excluding hydrogens is 351 g/mol. The van der Waals surface area contributed by atoms with Gasteiger partial charge in [0, 0.05) is 11.8 Å². The molecule has 7 nitrogen and oxygen atoms in total. The number of methoxy groups -OCH3 is 1. The summed E-state index contributed by atoms with van der Waals surface area (Å²) in [6.45, 7) is 1.77. The van der Waals surface area contributed by atoms with Crippen molar-refractivity contribution in [3.05, 3.63) is 53.5 Å². The number of benzene rings is 1. The van der Waals surface area contributed by atoms with Gasteiger partial charge >= 0.3 is 6.18 Å². The van der Waals surface area contributed by atoms with Crippen molar-refractivity contribution in [3.63, 3.8) is 0 Å². The molecule has 0 aliphatic rings. The number of amides is 1. The Labute approximate surface area is 145 Å². The van der Waals surface area contributed by atoms with Crippen LogP contribution in [0.25, 0.3) is 5.69 Å². The Bertz CT molecular complexity index is 946.